The minimum absolute atomic E-state index is 0.149. The van der Waals surface area contributed by atoms with E-state index in [9.17, 15) is 0 Å². The summed E-state index contributed by atoms with van der Waals surface area (Å²) >= 11 is 0. The molecule has 0 N–H and O–H groups in total. The van der Waals surface area contributed by atoms with Gasteiger partial charge in [0.1, 0.15) is 6.10 Å². The first-order valence-electron chi connectivity index (χ1n) is 7.31. The molecule has 4 heteroatoms. The molecule has 1 fully saturated rings. The lowest BCUT2D eigenvalue weighted by Crippen LogP contribution is -2.17. The van der Waals surface area contributed by atoms with E-state index < -0.39 is 0 Å². The summed E-state index contributed by atoms with van der Waals surface area (Å²) in [5, 5.41) is 0. The molecule has 1 aromatic rings. The van der Waals surface area contributed by atoms with E-state index >= 15 is 0 Å². The number of rotatable bonds is 11. The highest BCUT2D eigenvalue weighted by Crippen LogP contribution is 2.10. The largest absolute Gasteiger partial charge is 0.377 e. The van der Waals surface area contributed by atoms with E-state index in [4.69, 9.17) is 18.9 Å². The van der Waals surface area contributed by atoms with Crippen LogP contribution in [0.2, 0.25) is 0 Å². The fourth-order valence-corrected chi connectivity index (χ4v) is 1.77. The Labute approximate surface area is 121 Å². The van der Waals surface area contributed by atoms with Crippen molar-refractivity contribution >= 4 is 0 Å². The Morgan fingerprint density at radius 2 is 1.90 bits per heavy atom. The fraction of sp³-hybridized carbons (Fsp3) is 0.625. The summed E-state index contributed by atoms with van der Waals surface area (Å²) in [4.78, 5) is 0. The minimum Gasteiger partial charge on any atom is -0.377 e. The van der Waals surface area contributed by atoms with Crippen LogP contribution in [0.5, 0.6) is 0 Å². The summed E-state index contributed by atoms with van der Waals surface area (Å²) < 4.78 is 21.7. The maximum atomic E-state index is 5.61. The second-order valence-electron chi connectivity index (χ2n) is 4.97. The van der Waals surface area contributed by atoms with E-state index in [0.717, 1.165) is 26.1 Å². The summed E-state index contributed by atoms with van der Waals surface area (Å²) in [7, 11) is 0. The molecule has 0 amide bonds. The SMILES string of the molecule is C[C@H](OCCCCOCc1ccccc1)OCC1CO1. The first-order chi connectivity index (χ1) is 9.84. The van der Waals surface area contributed by atoms with Gasteiger partial charge >= 0.3 is 0 Å². The molecule has 112 valence electrons. The maximum absolute atomic E-state index is 5.61. The third-order valence-corrected chi connectivity index (χ3v) is 3.07. The van der Waals surface area contributed by atoms with Gasteiger partial charge in [-0.15, -0.1) is 0 Å². The van der Waals surface area contributed by atoms with Gasteiger partial charge in [-0.2, -0.15) is 0 Å². The van der Waals surface area contributed by atoms with Crippen molar-refractivity contribution in [1.82, 2.24) is 0 Å². The van der Waals surface area contributed by atoms with Crippen molar-refractivity contribution in [2.45, 2.75) is 38.8 Å². The molecule has 1 aliphatic heterocycles. The lowest BCUT2D eigenvalue weighted by molar-refractivity contribution is -0.134. The van der Waals surface area contributed by atoms with Crippen LogP contribution in [0, 0.1) is 0 Å². The zero-order valence-corrected chi connectivity index (χ0v) is 12.1. The van der Waals surface area contributed by atoms with Crippen LogP contribution in [0.15, 0.2) is 30.3 Å². The average molecular weight is 280 g/mol. The highest BCUT2D eigenvalue weighted by Gasteiger charge is 2.23. The molecule has 20 heavy (non-hydrogen) atoms. The Bertz CT molecular complexity index is 351. The van der Waals surface area contributed by atoms with Crippen molar-refractivity contribution in [3.05, 3.63) is 35.9 Å². The maximum Gasteiger partial charge on any atom is 0.154 e. The van der Waals surface area contributed by atoms with Crippen molar-refractivity contribution in [2.24, 2.45) is 0 Å². The zero-order valence-electron chi connectivity index (χ0n) is 12.1. The standard InChI is InChI=1S/C16H24O4/c1-14(19-12-16-13-20-16)18-10-6-5-9-17-11-15-7-3-2-4-8-15/h2-4,7-8,14,16H,5-6,9-13H2,1H3/t14-,16?/m1/s1. The van der Waals surface area contributed by atoms with Gasteiger partial charge in [0, 0.05) is 13.2 Å². The Hall–Kier alpha value is -0.940. The van der Waals surface area contributed by atoms with E-state index in [2.05, 4.69) is 12.1 Å². The van der Waals surface area contributed by atoms with Crippen LogP contribution in [0.4, 0.5) is 0 Å². The number of benzene rings is 1. The summed E-state index contributed by atoms with van der Waals surface area (Å²) in [6, 6.07) is 10.2. The Morgan fingerprint density at radius 1 is 1.15 bits per heavy atom. The lowest BCUT2D eigenvalue weighted by atomic mass is 10.2. The predicted octanol–water partition coefficient (Wildman–Crippen LogP) is 2.76. The van der Waals surface area contributed by atoms with Gasteiger partial charge in [-0.3, -0.25) is 0 Å². The molecule has 2 atom stereocenters. The normalized spacial score (nSPS) is 18.9. The third kappa shape index (κ3) is 7.01. The number of hydrogen-bond donors (Lipinski definition) is 0. The van der Waals surface area contributed by atoms with E-state index in [-0.39, 0.29) is 6.29 Å². The van der Waals surface area contributed by atoms with Crippen molar-refractivity contribution in [3.63, 3.8) is 0 Å². The highest BCUT2D eigenvalue weighted by molar-refractivity contribution is 5.13. The highest BCUT2D eigenvalue weighted by atomic mass is 16.7. The van der Waals surface area contributed by atoms with Gasteiger partial charge in [0.25, 0.3) is 0 Å². The number of unbranched alkanes of at least 4 members (excludes halogenated alkanes) is 1. The smallest absolute Gasteiger partial charge is 0.154 e. The summed E-state index contributed by atoms with van der Waals surface area (Å²) in [6.07, 6.45) is 2.14. The average Bonchev–Trinajstić information content (AvgIpc) is 3.29. The van der Waals surface area contributed by atoms with Crippen LogP contribution < -0.4 is 0 Å². The third-order valence-electron chi connectivity index (χ3n) is 3.07. The molecule has 2 rings (SSSR count). The van der Waals surface area contributed by atoms with Crippen LogP contribution in [-0.2, 0) is 25.6 Å². The van der Waals surface area contributed by atoms with E-state index in [1.165, 1.54) is 5.56 Å². The van der Waals surface area contributed by atoms with E-state index in [1.807, 2.05) is 25.1 Å². The Morgan fingerprint density at radius 3 is 2.65 bits per heavy atom. The molecule has 4 nitrogen and oxygen atoms in total. The molecule has 1 unspecified atom stereocenters. The molecule has 1 aromatic carbocycles. The van der Waals surface area contributed by atoms with Gasteiger partial charge in [0.05, 0.1) is 19.8 Å². The number of hydrogen-bond acceptors (Lipinski definition) is 4. The van der Waals surface area contributed by atoms with Gasteiger partial charge in [0.2, 0.25) is 0 Å². The molecule has 0 bridgehead atoms. The first kappa shape index (κ1) is 15.4. The molecule has 1 saturated heterocycles. The molecule has 0 spiro atoms. The van der Waals surface area contributed by atoms with Crippen LogP contribution in [0.25, 0.3) is 0 Å². The summed E-state index contributed by atoms with van der Waals surface area (Å²) in [5.41, 5.74) is 1.22. The van der Waals surface area contributed by atoms with Crippen molar-refractivity contribution in [2.75, 3.05) is 26.4 Å². The first-order valence-corrected chi connectivity index (χ1v) is 7.31. The van der Waals surface area contributed by atoms with Crippen LogP contribution in [0.1, 0.15) is 25.3 Å². The van der Waals surface area contributed by atoms with Crippen molar-refractivity contribution < 1.29 is 18.9 Å². The second kappa shape index (κ2) is 9.08. The van der Waals surface area contributed by atoms with Crippen LogP contribution in [0.3, 0.4) is 0 Å². The van der Waals surface area contributed by atoms with Crippen molar-refractivity contribution in [3.8, 4) is 0 Å². The van der Waals surface area contributed by atoms with Gasteiger partial charge in [-0.25, -0.2) is 0 Å². The topological polar surface area (TPSA) is 40.2 Å². The minimum atomic E-state index is -0.149. The Balaban J connectivity index is 1.37. The fourth-order valence-electron chi connectivity index (χ4n) is 1.77. The monoisotopic (exact) mass is 280 g/mol. The Kier molecular flexibility index (Phi) is 7.01. The van der Waals surface area contributed by atoms with Crippen LogP contribution in [-0.4, -0.2) is 38.8 Å². The lowest BCUT2D eigenvalue weighted by Gasteiger charge is -2.13. The predicted molar refractivity (Wildman–Crippen MR) is 76.4 cm³/mol. The second-order valence-corrected chi connectivity index (χ2v) is 4.97. The molecule has 0 aliphatic carbocycles. The van der Waals surface area contributed by atoms with Crippen molar-refractivity contribution in [1.29, 1.82) is 0 Å². The molecule has 0 aromatic heterocycles. The van der Waals surface area contributed by atoms with Gasteiger partial charge in [0.15, 0.2) is 6.29 Å². The van der Waals surface area contributed by atoms with Gasteiger partial charge in [-0.1, -0.05) is 30.3 Å². The molecule has 0 saturated carbocycles. The van der Waals surface area contributed by atoms with Gasteiger partial charge in [-0.05, 0) is 25.3 Å². The van der Waals surface area contributed by atoms with E-state index in [1.54, 1.807) is 0 Å². The summed E-state index contributed by atoms with van der Waals surface area (Å²) in [5.74, 6) is 0. The zero-order chi connectivity index (χ0) is 14.0. The number of ether oxygens (including phenoxy) is 4. The quantitative estimate of drug-likeness (QED) is 0.355. The molecule has 1 aliphatic rings. The number of epoxide rings is 1. The van der Waals surface area contributed by atoms with E-state index in [0.29, 0.717) is 25.9 Å². The molecular formula is C16H24O4. The summed E-state index contributed by atoms with van der Waals surface area (Å²) in [6.45, 7) is 5.55. The van der Waals surface area contributed by atoms with Crippen LogP contribution >= 0.6 is 0 Å². The molecular weight excluding hydrogens is 256 g/mol. The van der Waals surface area contributed by atoms with Gasteiger partial charge < -0.3 is 18.9 Å². The molecule has 0 radical (unpaired) electrons. The molecule has 1 heterocycles.